The average Bonchev–Trinajstić information content (AvgIpc) is 2.49. The lowest BCUT2D eigenvalue weighted by molar-refractivity contribution is 0.963. The van der Waals surface area contributed by atoms with Crippen molar-refractivity contribution < 1.29 is 0 Å². The summed E-state index contributed by atoms with van der Waals surface area (Å²) in [5, 5.41) is 8.17. The van der Waals surface area contributed by atoms with Gasteiger partial charge in [-0.3, -0.25) is 0 Å². The summed E-state index contributed by atoms with van der Waals surface area (Å²) in [7, 11) is 0. The molecular weight excluding hydrogens is 300 g/mol. The second-order valence-electron chi connectivity index (χ2n) is 2.42. The van der Waals surface area contributed by atoms with E-state index in [1.807, 2.05) is 0 Å². The van der Waals surface area contributed by atoms with E-state index >= 15 is 0 Å². The van der Waals surface area contributed by atoms with Crippen molar-refractivity contribution in [3.05, 3.63) is 9.98 Å². The van der Waals surface area contributed by atoms with E-state index in [0.717, 1.165) is 4.34 Å². The molecule has 0 saturated heterocycles. The van der Waals surface area contributed by atoms with Gasteiger partial charge in [-0.15, -0.1) is 10.2 Å². The predicted octanol–water partition coefficient (Wildman–Crippen LogP) is 1.41. The van der Waals surface area contributed by atoms with Gasteiger partial charge in [-0.1, -0.05) is 11.3 Å². The fraction of sp³-hybridized carbons (Fsp3) is 0. The summed E-state index contributed by atoms with van der Waals surface area (Å²) in [6, 6.07) is 1.50. The van der Waals surface area contributed by atoms with Gasteiger partial charge in [-0.2, -0.15) is 0 Å². The van der Waals surface area contributed by atoms with Gasteiger partial charge in [-0.05, 0) is 27.7 Å². The number of halogens is 1. The summed E-state index contributed by atoms with van der Waals surface area (Å²) in [6.45, 7) is 0. The van der Waals surface area contributed by atoms with Gasteiger partial charge in [0.25, 0.3) is 0 Å². The van der Waals surface area contributed by atoms with Crippen LogP contribution in [0.5, 0.6) is 0 Å². The van der Waals surface area contributed by atoms with Crippen LogP contribution in [0.1, 0.15) is 0 Å². The van der Waals surface area contributed by atoms with Gasteiger partial charge in [0.2, 0.25) is 0 Å². The third-order valence-electron chi connectivity index (χ3n) is 1.31. The predicted molar refractivity (Wildman–Crippen MR) is 62.6 cm³/mol. The van der Waals surface area contributed by atoms with Crippen LogP contribution in [0, 0.1) is 0 Å². The minimum absolute atomic E-state index is 0.341. The van der Waals surface area contributed by atoms with E-state index in [4.69, 9.17) is 11.5 Å². The van der Waals surface area contributed by atoms with Crippen LogP contribution in [0.4, 0.5) is 11.6 Å². The molecule has 0 saturated carbocycles. The third kappa shape index (κ3) is 2.76. The van der Waals surface area contributed by atoms with E-state index in [1.165, 1.54) is 29.2 Å². The van der Waals surface area contributed by atoms with E-state index in [-0.39, 0.29) is 0 Å². The Morgan fingerprint density at radius 1 is 1.20 bits per heavy atom. The molecule has 0 radical (unpaired) electrons. The Balaban J connectivity index is 2.24. The number of aromatic nitrogens is 4. The Morgan fingerprint density at radius 2 is 1.87 bits per heavy atom. The summed E-state index contributed by atoms with van der Waals surface area (Å²) in [6.07, 6.45) is 0. The molecule has 0 aliphatic rings. The number of hydrogen-bond acceptors (Lipinski definition) is 8. The van der Waals surface area contributed by atoms with Crippen LogP contribution in [0.25, 0.3) is 0 Å². The topological polar surface area (TPSA) is 104 Å². The molecule has 0 atom stereocenters. The molecule has 4 N–H and O–H groups in total. The van der Waals surface area contributed by atoms with E-state index in [9.17, 15) is 0 Å². The number of nitrogens with two attached hydrogens (primary N) is 2. The molecule has 0 spiro atoms. The maximum absolute atomic E-state index is 5.53. The summed E-state index contributed by atoms with van der Waals surface area (Å²) >= 11 is 5.88. The highest BCUT2D eigenvalue weighted by Gasteiger charge is 2.07. The van der Waals surface area contributed by atoms with Crippen molar-refractivity contribution in [3.63, 3.8) is 0 Å². The number of hydrogen-bond donors (Lipinski definition) is 2. The Bertz CT molecular complexity index is 466. The lowest BCUT2D eigenvalue weighted by Crippen LogP contribution is -1.98. The van der Waals surface area contributed by atoms with Crippen LogP contribution in [0.3, 0.4) is 0 Å². The minimum Gasteiger partial charge on any atom is -0.383 e. The molecule has 0 aromatic carbocycles. The molecule has 0 bridgehead atoms. The molecule has 6 nitrogen and oxygen atoms in total. The van der Waals surface area contributed by atoms with Crippen LogP contribution in [-0.4, -0.2) is 20.2 Å². The van der Waals surface area contributed by atoms with Gasteiger partial charge in [0.05, 0.1) is 0 Å². The smallest absolute Gasteiger partial charge is 0.198 e. The lowest BCUT2D eigenvalue weighted by Gasteiger charge is -1.98. The number of rotatable bonds is 2. The molecule has 0 amide bonds. The molecular formula is C6H5BrN6S2. The molecule has 15 heavy (non-hydrogen) atoms. The van der Waals surface area contributed by atoms with Crippen LogP contribution < -0.4 is 11.5 Å². The first kappa shape index (κ1) is 10.6. The van der Waals surface area contributed by atoms with E-state index in [2.05, 4.69) is 36.1 Å². The van der Waals surface area contributed by atoms with E-state index in [1.54, 1.807) is 0 Å². The minimum atomic E-state index is 0.341. The van der Waals surface area contributed by atoms with Crippen molar-refractivity contribution >= 4 is 50.7 Å². The zero-order chi connectivity index (χ0) is 10.8. The average molecular weight is 305 g/mol. The highest BCUT2D eigenvalue weighted by molar-refractivity contribution is 9.11. The molecule has 0 fully saturated rings. The Labute approximate surface area is 102 Å². The third-order valence-corrected chi connectivity index (χ3v) is 3.58. The standard InChI is InChI=1S/C6H5BrN6S2/c7-4-12-13-6(14-4)15-5-10-2(8)1-3(9)11-5/h1H,(H4,8,9,10,11). The van der Waals surface area contributed by atoms with Crippen molar-refractivity contribution in [3.8, 4) is 0 Å². The van der Waals surface area contributed by atoms with E-state index in [0.29, 0.717) is 20.7 Å². The van der Waals surface area contributed by atoms with Crippen molar-refractivity contribution in [1.29, 1.82) is 0 Å². The molecule has 0 aliphatic carbocycles. The number of anilines is 2. The maximum Gasteiger partial charge on any atom is 0.198 e. The normalized spacial score (nSPS) is 10.5. The summed E-state index contributed by atoms with van der Waals surface area (Å²) < 4.78 is 1.44. The van der Waals surface area contributed by atoms with Crippen LogP contribution in [-0.2, 0) is 0 Å². The summed E-state index contributed by atoms with van der Waals surface area (Å²) in [4.78, 5) is 8.02. The lowest BCUT2D eigenvalue weighted by atomic mass is 10.5. The quantitative estimate of drug-likeness (QED) is 0.808. The molecule has 0 unspecified atom stereocenters. The molecule has 0 aliphatic heterocycles. The van der Waals surface area contributed by atoms with Gasteiger partial charge in [0, 0.05) is 6.07 Å². The Hall–Kier alpha value is -0.930. The molecule has 2 rings (SSSR count). The van der Waals surface area contributed by atoms with Crippen molar-refractivity contribution in [1.82, 2.24) is 20.2 Å². The zero-order valence-electron chi connectivity index (χ0n) is 7.22. The van der Waals surface area contributed by atoms with Gasteiger partial charge in [0.1, 0.15) is 11.6 Å². The summed E-state index contributed by atoms with van der Waals surface area (Å²) in [5.74, 6) is 0.683. The monoisotopic (exact) mass is 304 g/mol. The van der Waals surface area contributed by atoms with Gasteiger partial charge >= 0.3 is 0 Å². The molecule has 9 heteroatoms. The largest absolute Gasteiger partial charge is 0.383 e. The maximum atomic E-state index is 5.53. The molecule has 78 valence electrons. The Morgan fingerprint density at radius 3 is 2.40 bits per heavy atom. The zero-order valence-corrected chi connectivity index (χ0v) is 10.4. The van der Waals surface area contributed by atoms with Crippen molar-refractivity contribution in [2.45, 2.75) is 9.50 Å². The number of nitrogens with zero attached hydrogens (tertiary/aromatic N) is 4. The fourth-order valence-electron chi connectivity index (χ4n) is 0.820. The second kappa shape index (κ2) is 4.29. The molecule has 2 heterocycles. The first-order valence-corrected chi connectivity index (χ1v) is 6.13. The van der Waals surface area contributed by atoms with Crippen molar-refractivity contribution in [2.24, 2.45) is 0 Å². The van der Waals surface area contributed by atoms with E-state index < -0.39 is 0 Å². The fourth-order valence-corrected chi connectivity index (χ4v) is 3.16. The van der Waals surface area contributed by atoms with Gasteiger partial charge in [0.15, 0.2) is 13.4 Å². The Kier molecular flexibility index (Phi) is 3.03. The van der Waals surface area contributed by atoms with Gasteiger partial charge in [-0.25, -0.2) is 9.97 Å². The van der Waals surface area contributed by atoms with Crippen LogP contribution in [0.2, 0.25) is 0 Å². The highest BCUT2D eigenvalue weighted by atomic mass is 79.9. The van der Waals surface area contributed by atoms with Gasteiger partial charge < -0.3 is 11.5 Å². The highest BCUT2D eigenvalue weighted by Crippen LogP contribution is 2.30. The van der Waals surface area contributed by atoms with Crippen molar-refractivity contribution in [2.75, 3.05) is 11.5 Å². The summed E-state index contributed by atoms with van der Waals surface area (Å²) in [5.41, 5.74) is 11.1. The number of nitrogen functional groups attached to an aromatic ring is 2. The van der Waals surface area contributed by atoms with Crippen LogP contribution in [0.15, 0.2) is 19.5 Å². The molecule has 2 aromatic rings. The molecule has 2 aromatic heterocycles. The van der Waals surface area contributed by atoms with Crippen LogP contribution >= 0.6 is 39.0 Å². The SMILES string of the molecule is Nc1cc(N)nc(Sc2nnc(Br)s2)n1. The first-order chi connectivity index (χ1) is 7.13. The first-order valence-electron chi connectivity index (χ1n) is 3.70. The second-order valence-corrected chi connectivity index (χ2v) is 5.89.